The van der Waals surface area contributed by atoms with E-state index in [-0.39, 0.29) is 0 Å². The summed E-state index contributed by atoms with van der Waals surface area (Å²) in [5, 5.41) is 0. The Morgan fingerprint density at radius 3 is 2.47 bits per heavy atom. The van der Waals surface area contributed by atoms with Gasteiger partial charge in [-0.1, -0.05) is 60.2 Å². The zero-order valence-electron chi connectivity index (χ0n) is 10.1. The van der Waals surface area contributed by atoms with Crippen LogP contribution in [0.15, 0.2) is 48.5 Å². The number of aryl methyl sites for hydroxylation is 2. The summed E-state index contributed by atoms with van der Waals surface area (Å²) in [5.41, 5.74) is 6.82. The highest BCUT2D eigenvalue weighted by Gasteiger charge is 2.06. The minimum Gasteiger partial charge on any atom is -0.0836 e. The van der Waals surface area contributed by atoms with Crippen LogP contribution in [-0.4, -0.2) is 0 Å². The third kappa shape index (κ3) is 2.03. The van der Waals surface area contributed by atoms with Crippen molar-refractivity contribution in [2.45, 2.75) is 19.8 Å². The second-order valence-electron chi connectivity index (χ2n) is 4.72. The summed E-state index contributed by atoms with van der Waals surface area (Å²) < 4.78 is 0. The van der Waals surface area contributed by atoms with Crippen molar-refractivity contribution in [3.63, 3.8) is 0 Å². The Balaban J connectivity index is 2.04. The van der Waals surface area contributed by atoms with Crippen LogP contribution in [0.4, 0.5) is 0 Å². The topological polar surface area (TPSA) is 0 Å². The fraction of sp³-hybridized carbons (Fsp3) is 0.176. The van der Waals surface area contributed by atoms with Gasteiger partial charge in [-0.15, -0.1) is 0 Å². The van der Waals surface area contributed by atoms with E-state index in [1.54, 1.807) is 0 Å². The van der Waals surface area contributed by atoms with Crippen molar-refractivity contribution in [1.29, 1.82) is 0 Å². The van der Waals surface area contributed by atoms with Gasteiger partial charge < -0.3 is 0 Å². The minimum absolute atomic E-state index is 1.17. The number of hydrogen-bond donors (Lipinski definition) is 0. The Bertz CT molecular complexity index is 559. The Morgan fingerprint density at radius 2 is 1.65 bits per heavy atom. The molecule has 17 heavy (non-hydrogen) atoms. The molecule has 1 aliphatic carbocycles. The molecule has 0 N–H and O–H groups in total. The third-order valence-corrected chi connectivity index (χ3v) is 3.41. The molecule has 0 spiro atoms. The first-order chi connectivity index (χ1) is 8.33. The molecule has 0 aliphatic heterocycles. The molecule has 1 aliphatic rings. The van der Waals surface area contributed by atoms with Crippen molar-refractivity contribution in [3.05, 3.63) is 65.2 Å². The SMILES string of the molecule is Cc1ccc(-c2ccc3c(c2)CCC=C3)cc1. The largest absolute Gasteiger partial charge is 0.0836 e. The zero-order chi connectivity index (χ0) is 11.7. The molecule has 3 rings (SSSR count). The molecule has 0 heterocycles. The highest BCUT2D eigenvalue weighted by atomic mass is 14.1. The maximum Gasteiger partial charge on any atom is -0.0181 e. The standard InChI is InChI=1S/C17H16/c1-13-6-8-15(9-7-13)17-11-10-14-4-2-3-5-16(14)12-17/h2,4,6-12H,3,5H2,1H3. The van der Waals surface area contributed by atoms with Crippen molar-refractivity contribution in [1.82, 2.24) is 0 Å². The monoisotopic (exact) mass is 220 g/mol. The Morgan fingerprint density at radius 1 is 0.882 bits per heavy atom. The lowest BCUT2D eigenvalue weighted by Crippen LogP contribution is -1.94. The first-order valence-electron chi connectivity index (χ1n) is 6.19. The second-order valence-corrected chi connectivity index (χ2v) is 4.72. The van der Waals surface area contributed by atoms with Crippen LogP contribution >= 0.6 is 0 Å². The van der Waals surface area contributed by atoms with Gasteiger partial charge in [0.2, 0.25) is 0 Å². The molecule has 0 heteroatoms. The van der Waals surface area contributed by atoms with E-state index in [4.69, 9.17) is 0 Å². The summed E-state index contributed by atoms with van der Waals surface area (Å²) in [6.07, 6.45) is 6.83. The molecule has 0 fully saturated rings. The van der Waals surface area contributed by atoms with Crippen molar-refractivity contribution in [3.8, 4) is 11.1 Å². The molecule has 0 saturated heterocycles. The molecule has 0 saturated carbocycles. The van der Waals surface area contributed by atoms with Gasteiger partial charge in [0, 0.05) is 0 Å². The average Bonchev–Trinajstić information content (AvgIpc) is 2.39. The summed E-state index contributed by atoms with van der Waals surface area (Å²) in [6, 6.07) is 15.6. The van der Waals surface area contributed by atoms with Crippen LogP contribution in [0.25, 0.3) is 17.2 Å². The van der Waals surface area contributed by atoms with Gasteiger partial charge >= 0.3 is 0 Å². The third-order valence-electron chi connectivity index (χ3n) is 3.41. The van der Waals surface area contributed by atoms with Crippen LogP contribution in [-0.2, 0) is 6.42 Å². The molecule has 0 aromatic heterocycles. The molecule has 0 unspecified atom stereocenters. The predicted molar refractivity (Wildman–Crippen MR) is 74.0 cm³/mol. The first kappa shape index (κ1) is 10.3. The number of hydrogen-bond acceptors (Lipinski definition) is 0. The van der Waals surface area contributed by atoms with Crippen LogP contribution in [0, 0.1) is 6.92 Å². The summed E-state index contributed by atoms with van der Waals surface area (Å²) in [7, 11) is 0. The molecule has 2 aromatic rings. The van der Waals surface area contributed by atoms with Gasteiger partial charge in [0.1, 0.15) is 0 Å². The van der Waals surface area contributed by atoms with E-state index in [1.807, 2.05) is 0 Å². The molecule has 0 atom stereocenters. The number of rotatable bonds is 1. The van der Waals surface area contributed by atoms with Crippen molar-refractivity contribution in [2.24, 2.45) is 0 Å². The van der Waals surface area contributed by atoms with Gasteiger partial charge in [0.25, 0.3) is 0 Å². The normalized spacial score (nSPS) is 13.5. The van der Waals surface area contributed by atoms with E-state index in [0.717, 1.165) is 0 Å². The smallest absolute Gasteiger partial charge is 0.0181 e. The maximum atomic E-state index is 2.34. The molecular formula is C17H16. The highest BCUT2D eigenvalue weighted by molar-refractivity contribution is 5.68. The van der Waals surface area contributed by atoms with Gasteiger partial charge in [-0.05, 0) is 42.0 Å². The summed E-state index contributed by atoms with van der Waals surface area (Å²) >= 11 is 0. The van der Waals surface area contributed by atoms with Gasteiger partial charge in [-0.2, -0.15) is 0 Å². The van der Waals surface area contributed by atoms with Gasteiger partial charge in [-0.25, -0.2) is 0 Å². The van der Waals surface area contributed by atoms with E-state index >= 15 is 0 Å². The van der Waals surface area contributed by atoms with E-state index < -0.39 is 0 Å². The van der Waals surface area contributed by atoms with E-state index in [0.29, 0.717) is 0 Å². The molecule has 2 aromatic carbocycles. The minimum atomic E-state index is 1.17. The van der Waals surface area contributed by atoms with Crippen molar-refractivity contribution in [2.75, 3.05) is 0 Å². The Labute approximate surface area is 103 Å². The quantitative estimate of drug-likeness (QED) is 0.657. The summed E-state index contributed by atoms with van der Waals surface area (Å²) in [4.78, 5) is 0. The Kier molecular flexibility index (Phi) is 2.56. The highest BCUT2D eigenvalue weighted by Crippen LogP contribution is 2.26. The molecule has 84 valence electrons. The molecular weight excluding hydrogens is 204 g/mol. The number of benzene rings is 2. The maximum absolute atomic E-state index is 2.34. The molecule has 0 amide bonds. The molecule has 0 bridgehead atoms. The lowest BCUT2D eigenvalue weighted by Gasteiger charge is -2.12. The van der Waals surface area contributed by atoms with Crippen LogP contribution in [0.2, 0.25) is 0 Å². The summed E-state index contributed by atoms with van der Waals surface area (Å²) in [6.45, 7) is 2.13. The average molecular weight is 220 g/mol. The fourth-order valence-corrected chi connectivity index (χ4v) is 2.36. The molecule has 0 nitrogen and oxygen atoms in total. The lowest BCUT2D eigenvalue weighted by atomic mass is 9.93. The first-order valence-corrected chi connectivity index (χ1v) is 6.19. The van der Waals surface area contributed by atoms with Gasteiger partial charge in [-0.3, -0.25) is 0 Å². The second kappa shape index (κ2) is 4.21. The Hall–Kier alpha value is -1.82. The van der Waals surface area contributed by atoms with Crippen LogP contribution in [0.5, 0.6) is 0 Å². The molecule has 0 radical (unpaired) electrons. The van der Waals surface area contributed by atoms with Gasteiger partial charge in [0.05, 0.1) is 0 Å². The van der Waals surface area contributed by atoms with Crippen molar-refractivity contribution < 1.29 is 0 Å². The number of fused-ring (bicyclic) bond motifs is 1. The summed E-state index contributed by atoms with van der Waals surface area (Å²) in [5.74, 6) is 0. The van der Waals surface area contributed by atoms with Crippen LogP contribution in [0.1, 0.15) is 23.1 Å². The van der Waals surface area contributed by atoms with E-state index in [9.17, 15) is 0 Å². The zero-order valence-corrected chi connectivity index (χ0v) is 10.1. The van der Waals surface area contributed by atoms with Gasteiger partial charge in [0.15, 0.2) is 0 Å². The lowest BCUT2D eigenvalue weighted by molar-refractivity contribution is 0.986. The van der Waals surface area contributed by atoms with E-state index in [1.165, 1.54) is 40.7 Å². The van der Waals surface area contributed by atoms with Crippen LogP contribution < -0.4 is 0 Å². The predicted octanol–water partition coefficient (Wildman–Crippen LogP) is 4.62. The van der Waals surface area contributed by atoms with E-state index in [2.05, 4.69) is 61.5 Å². The number of allylic oxidation sites excluding steroid dienone is 1. The fourth-order valence-electron chi connectivity index (χ4n) is 2.36. The van der Waals surface area contributed by atoms with Crippen LogP contribution in [0.3, 0.4) is 0 Å². The van der Waals surface area contributed by atoms with Crippen molar-refractivity contribution >= 4 is 6.08 Å².